The number of nitrogens with zero attached hydrogens (tertiary/aromatic N) is 5. The number of carboxylic acids is 1. The summed E-state index contributed by atoms with van der Waals surface area (Å²) in [5.41, 5.74) is 1.33. The molecule has 0 spiro atoms. The van der Waals surface area contributed by atoms with Gasteiger partial charge in [-0.3, -0.25) is 4.40 Å². The van der Waals surface area contributed by atoms with Gasteiger partial charge in [0.1, 0.15) is 11.8 Å². The zero-order valence-electron chi connectivity index (χ0n) is 10.1. The molecule has 0 bridgehead atoms. The number of aromatic amines is 1. The number of aromatic nitrogens is 6. The Balaban J connectivity index is 1.92. The van der Waals surface area contributed by atoms with Crippen LogP contribution in [-0.2, 0) is 6.42 Å². The number of H-pyrrole nitrogens is 1. The molecule has 9 nitrogen and oxygen atoms in total. The molecular formula is C11H10N6O3. The Hall–Kier alpha value is -2.81. The Morgan fingerprint density at radius 2 is 2.30 bits per heavy atom. The maximum Gasteiger partial charge on any atom is 0.354 e. The van der Waals surface area contributed by atoms with Crippen LogP contribution in [0.15, 0.2) is 24.5 Å². The van der Waals surface area contributed by atoms with Gasteiger partial charge in [-0.2, -0.15) is 5.21 Å². The summed E-state index contributed by atoms with van der Waals surface area (Å²) in [5.74, 6) is -0.873. The normalized spacial score (nSPS) is 12.7. The van der Waals surface area contributed by atoms with Crippen LogP contribution in [0.3, 0.4) is 0 Å². The molecule has 0 saturated heterocycles. The van der Waals surface area contributed by atoms with E-state index in [4.69, 9.17) is 5.11 Å². The van der Waals surface area contributed by atoms with E-state index in [9.17, 15) is 9.90 Å². The lowest BCUT2D eigenvalue weighted by atomic mass is 10.1. The Morgan fingerprint density at radius 1 is 1.45 bits per heavy atom. The molecule has 9 heteroatoms. The molecule has 0 amide bonds. The second-order valence-corrected chi connectivity index (χ2v) is 4.20. The standard InChI is InChI=1S/C11H10N6O3/c18-8(10-13-15-16-14-10)3-6-1-2-9-12-4-7(11(19)20)17(9)5-6/h1-2,4-5,8,18H,3H2,(H,19,20)(H,13,14,15,16). The average molecular weight is 274 g/mol. The van der Waals surface area contributed by atoms with Gasteiger partial charge >= 0.3 is 5.97 Å². The summed E-state index contributed by atoms with van der Waals surface area (Å²) in [7, 11) is 0. The number of carboxylic acid groups (broad SMARTS) is 1. The molecule has 20 heavy (non-hydrogen) atoms. The van der Waals surface area contributed by atoms with Crippen LogP contribution in [0.4, 0.5) is 0 Å². The molecule has 0 aliphatic heterocycles. The monoisotopic (exact) mass is 274 g/mol. The molecule has 3 heterocycles. The number of pyridine rings is 1. The molecule has 102 valence electrons. The zero-order chi connectivity index (χ0) is 14.1. The lowest BCUT2D eigenvalue weighted by molar-refractivity contribution is 0.0689. The highest BCUT2D eigenvalue weighted by Gasteiger charge is 2.15. The van der Waals surface area contributed by atoms with Gasteiger partial charge in [0, 0.05) is 12.6 Å². The highest BCUT2D eigenvalue weighted by molar-refractivity contribution is 5.86. The van der Waals surface area contributed by atoms with Crippen LogP contribution < -0.4 is 0 Å². The van der Waals surface area contributed by atoms with Crippen LogP contribution in [-0.4, -0.2) is 46.2 Å². The number of tetrazole rings is 1. The van der Waals surface area contributed by atoms with Crippen molar-refractivity contribution in [2.75, 3.05) is 0 Å². The first-order valence-electron chi connectivity index (χ1n) is 5.76. The number of hydrogen-bond acceptors (Lipinski definition) is 6. The van der Waals surface area contributed by atoms with E-state index < -0.39 is 12.1 Å². The van der Waals surface area contributed by atoms with Crippen LogP contribution in [0.2, 0.25) is 0 Å². The van der Waals surface area contributed by atoms with Crippen molar-refractivity contribution in [1.29, 1.82) is 0 Å². The van der Waals surface area contributed by atoms with Crippen molar-refractivity contribution >= 4 is 11.6 Å². The van der Waals surface area contributed by atoms with Crippen molar-refractivity contribution in [3.63, 3.8) is 0 Å². The molecule has 3 aromatic rings. The second kappa shape index (κ2) is 4.70. The third-order valence-corrected chi connectivity index (χ3v) is 2.87. The van der Waals surface area contributed by atoms with Gasteiger partial charge in [0.2, 0.25) is 5.82 Å². The predicted octanol–water partition coefficient (Wildman–Crippen LogP) is -0.178. The van der Waals surface area contributed by atoms with E-state index in [1.807, 2.05) is 0 Å². The molecule has 3 N–H and O–H groups in total. The van der Waals surface area contributed by atoms with E-state index in [1.54, 1.807) is 18.3 Å². The van der Waals surface area contributed by atoms with E-state index in [0.29, 0.717) is 5.65 Å². The van der Waals surface area contributed by atoms with Crippen molar-refractivity contribution in [2.24, 2.45) is 0 Å². The molecule has 0 aliphatic rings. The SMILES string of the molecule is O=C(O)c1cnc2ccc(CC(O)c3nn[nH]n3)cn12. The first-order valence-corrected chi connectivity index (χ1v) is 5.76. The lowest BCUT2D eigenvalue weighted by Crippen LogP contribution is -2.06. The topological polar surface area (TPSA) is 129 Å². The highest BCUT2D eigenvalue weighted by Crippen LogP contribution is 2.16. The summed E-state index contributed by atoms with van der Waals surface area (Å²) < 4.78 is 1.46. The van der Waals surface area contributed by atoms with Gasteiger partial charge < -0.3 is 10.2 Å². The van der Waals surface area contributed by atoms with Gasteiger partial charge in [0.25, 0.3) is 0 Å². The third-order valence-electron chi connectivity index (χ3n) is 2.87. The van der Waals surface area contributed by atoms with Crippen molar-refractivity contribution in [3.05, 3.63) is 41.6 Å². The molecular weight excluding hydrogens is 264 g/mol. The number of fused-ring (bicyclic) bond motifs is 1. The van der Waals surface area contributed by atoms with Gasteiger partial charge in [0.15, 0.2) is 5.69 Å². The minimum Gasteiger partial charge on any atom is -0.477 e. The smallest absolute Gasteiger partial charge is 0.354 e. The van der Waals surface area contributed by atoms with E-state index in [2.05, 4.69) is 25.6 Å². The van der Waals surface area contributed by atoms with E-state index >= 15 is 0 Å². The minimum atomic E-state index is -1.06. The molecule has 3 aromatic heterocycles. The van der Waals surface area contributed by atoms with Gasteiger partial charge in [-0.1, -0.05) is 11.3 Å². The minimum absolute atomic E-state index is 0.0656. The van der Waals surface area contributed by atoms with Crippen LogP contribution in [0, 0.1) is 0 Å². The Labute approximate surface area is 111 Å². The van der Waals surface area contributed by atoms with Gasteiger partial charge in [0.05, 0.1) is 6.20 Å². The molecule has 0 aliphatic carbocycles. The molecule has 1 atom stereocenters. The first kappa shape index (κ1) is 12.2. The number of rotatable bonds is 4. The largest absolute Gasteiger partial charge is 0.477 e. The summed E-state index contributed by atoms with van der Waals surface area (Å²) in [5, 5.41) is 32.0. The van der Waals surface area contributed by atoms with Crippen LogP contribution in [0.1, 0.15) is 28.0 Å². The molecule has 0 fully saturated rings. The van der Waals surface area contributed by atoms with Crippen molar-refractivity contribution < 1.29 is 15.0 Å². The van der Waals surface area contributed by atoms with Gasteiger partial charge in [-0.25, -0.2) is 9.78 Å². The van der Waals surface area contributed by atoms with E-state index in [0.717, 1.165) is 5.56 Å². The fraction of sp³-hybridized carbons (Fsp3) is 0.182. The number of aliphatic hydroxyl groups is 1. The van der Waals surface area contributed by atoms with Crippen molar-refractivity contribution in [1.82, 2.24) is 30.0 Å². The number of nitrogens with one attached hydrogen (secondary N) is 1. The maximum absolute atomic E-state index is 11.1. The first-order chi connectivity index (χ1) is 9.65. The molecule has 1 unspecified atom stereocenters. The fourth-order valence-corrected chi connectivity index (χ4v) is 1.93. The van der Waals surface area contributed by atoms with Crippen LogP contribution in [0.5, 0.6) is 0 Å². The summed E-state index contributed by atoms with van der Waals surface area (Å²) in [6, 6.07) is 3.45. The Bertz CT molecular complexity index is 751. The van der Waals surface area contributed by atoms with Gasteiger partial charge in [-0.05, 0) is 11.6 Å². The fourth-order valence-electron chi connectivity index (χ4n) is 1.93. The Kier molecular flexibility index (Phi) is 2.88. The number of aromatic carboxylic acids is 1. The molecule has 3 rings (SSSR count). The second-order valence-electron chi connectivity index (χ2n) is 4.20. The summed E-state index contributed by atoms with van der Waals surface area (Å²) in [6.07, 6.45) is 2.24. The predicted molar refractivity (Wildman–Crippen MR) is 65.0 cm³/mol. The average Bonchev–Trinajstić information content (AvgIpc) is 3.07. The highest BCUT2D eigenvalue weighted by atomic mass is 16.4. The molecule has 0 radical (unpaired) electrons. The van der Waals surface area contributed by atoms with Crippen LogP contribution >= 0.6 is 0 Å². The quantitative estimate of drug-likeness (QED) is 0.601. The Morgan fingerprint density at radius 3 is 3.00 bits per heavy atom. The summed E-state index contributed by atoms with van der Waals surface area (Å²) in [4.78, 5) is 15.0. The molecule has 0 aromatic carbocycles. The third kappa shape index (κ3) is 2.10. The number of imidazole rings is 1. The summed E-state index contributed by atoms with van der Waals surface area (Å²) in [6.45, 7) is 0. The number of hydrogen-bond donors (Lipinski definition) is 3. The lowest BCUT2D eigenvalue weighted by Gasteiger charge is -2.07. The summed E-state index contributed by atoms with van der Waals surface area (Å²) >= 11 is 0. The van der Waals surface area contributed by atoms with Crippen LogP contribution in [0.25, 0.3) is 5.65 Å². The zero-order valence-corrected chi connectivity index (χ0v) is 10.1. The maximum atomic E-state index is 11.1. The number of carbonyl (C=O) groups is 1. The molecule has 0 saturated carbocycles. The van der Waals surface area contributed by atoms with Crippen molar-refractivity contribution in [3.8, 4) is 0 Å². The number of aliphatic hydroxyl groups excluding tert-OH is 1. The van der Waals surface area contributed by atoms with Crippen molar-refractivity contribution in [2.45, 2.75) is 12.5 Å². The van der Waals surface area contributed by atoms with E-state index in [-0.39, 0.29) is 17.9 Å². The van der Waals surface area contributed by atoms with E-state index in [1.165, 1.54) is 10.6 Å². The van der Waals surface area contributed by atoms with Gasteiger partial charge in [-0.15, -0.1) is 10.2 Å².